The molecular weight excluding hydrogens is 384 g/mol. The fourth-order valence-corrected chi connectivity index (χ4v) is 4.35. The molecule has 1 fully saturated rings. The summed E-state index contributed by atoms with van der Waals surface area (Å²) in [6, 6.07) is 12.4. The van der Waals surface area contributed by atoms with E-state index in [0.29, 0.717) is 19.6 Å². The van der Waals surface area contributed by atoms with E-state index in [0.717, 1.165) is 11.1 Å². The quantitative estimate of drug-likeness (QED) is 0.783. The maximum absolute atomic E-state index is 13.2. The van der Waals surface area contributed by atoms with Gasteiger partial charge in [0.05, 0.1) is 13.2 Å². The second kappa shape index (κ2) is 9.09. The maximum Gasteiger partial charge on any atom is 0.254 e. The Morgan fingerprint density at radius 2 is 1.90 bits per heavy atom. The first-order chi connectivity index (χ1) is 13.8. The largest absolute Gasteiger partial charge is 0.361 e. The summed E-state index contributed by atoms with van der Waals surface area (Å²) in [5, 5.41) is 5.06. The zero-order valence-corrected chi connectivity index (χ0v) is 18.4. The second-order valence-corrected chi connectivity index (χ2v) is 9.18. The minimum absolute atomic E-state index is 0.000330. The summed E-state index contributed by atoms with van der Waals surface area (Å²) < 4.78 is 6.09. The smallest absolute Gasteiger partial charge is 0.254 e. The summed E-state index contributed by atoms with van der Waals surface area (Å²) in [5.41, 5.74) is 1.10. The van der Waals surface area contributed by atoms with Crippen molar-refractivity contribution in [1.29, 1.82) is 0 Å². The van der Waals surface area contributed by atoms with E-state index in [1.54, 1.807) is 16.2 Å². The van der Waals surface area contributed by atoms with Gasteiger partial charge in [-0.3, -0.25) is 9.59 Å². The van der Waals surface area contributed by atoms with Gasteiger partial charge in [-0.2, -0.15) is 0 Å². The standard InChI is InChI=1S/C23H30N2O3S/c1-16(2)21(26)25-11-12-28-23(15-25,22(27)24-17(3)4)14-18-7-9-19(10-8-18)20-6-5-13-29-20/h5-10,13,16-17H,11-12,14-15H2,1-4H3,(H,24,27)/t23-/m1/s1. The number of carbonyl (C=O) groups excluding carboxylic acids is 2. The Balaban J connectivity index is 1.85. The van der Waals surface area contributed by atoms with Crippen LogP contribution in [0.15, 0.2) is 41.8 Å². The number of nitrogens with one attached hydrogen (secondary N) is 1. The number of rotatable bonds is 6. The summed E-state index contributed by atoms with van der Waals surface area (Å²) in [5.74, 6) is -0.205. The van der Waals surface area contributed by atoms with Gasteiger partial charge in [-0.25, -0.2) is 0 Å². The number of benzene rings is 1. The van der Waals surface area contributed by atoms with Crippen LogP contribution in [0.2, 0.25) is 0 Å². The van der Waals surface area contributed by atoms with Gasteiger partial charge >= 0.3 is 0 Å². The third kappa shape index (κ3) is 5.06. The molecule has 1 aromatic carbocycles. The summed E-state index contributed by atoms with van der Waals surface area (Å²) in [6.45, 7) is 8.79. The first-order valence-corrected chi connectivity index (χ1v) is 11.1. The number of ether oxygens (including phenoxy) is 1. The maximum atomic E-state index is 13.2. The number of nitrogens with zero attached hydrogens (tertiary/aromatic N) is 1. The molecule has 1 atom stereocenters. The lowest BCUT2D eigenvalue weighted by atomic mass is 9.90. The normalized spacial score (nSPS) is 19.6. The Labute approximate surface area is 177 Å². The van der Waals surface area contributed by atoms with Gasteiger partial charge in [0, 0.05) is 29.8 Å². The highest BCUT2D eigenvalue weighted by atomic mass is 32.1. The van der Waals surface area contributed by atoms with Crippen LogP contribution < -0.4 is 5.32 Å². The lowest BCUT2D eigenvalue weighted by molar-refractivity contribution is -0.167. The Hall–Kier alpha value is -2.18. The molecule has 5 nitrogen and oxygen atoms in total. The Morgan fingerprint density at radius 1 is 1.17 bits per heavy atom. The van der Waals surface area contributed by atoms with Crippen molar-refractivity contribution in [2.45, 2.75) is 45.8 Å². The van der Waals surface area contributed by atoms with Crippen LogP contribution in [0.3, 0.4) is 0 Å². The fraction of sp³-hybridized carbons (Fsp3) is 0.478. The summed E-state index contributed by atoms with van der Waals surface area (Å²) in [7, 11) is 0. The van der Waals surface area contributed by atoms with Crippen molar-refractivity contribution in [3.05, 3.63) is 47.3 Å². The predicted molar refractivity (Wildman–Crippen MR) is 117 cm³/mol. The lowest BCUT2D eigenvalue weighted by Crippen LogP contribution is -2.63. The molecule has 1 aromatic heterocycles. The van der Waals surface area contributed by atoms with Crippen LogP contribution in [0.5, 0.6) is 0 Å². The number of hydrogen-bond donors (Lipinski definition) is 1. The number of carbonyl (C=O) groups is 2. The van der Waals surface area contributed by atoms with Gasteiger partial charge in [0.1, 0.15) is 0 Å². The molecule has 0 saturated carbocycles. The Bertz CT molecular complexity index is 830. The summed E-state index contributed by atoms with van der Waals surface area (Å²) in [4.78, 5) is 28.7. The molecule has 2 heterocycles. The average molecular weight is 415 g/mol. The SMILES string of the molecule is CC(C)NC(=O)[C@@]1(Cc2ccc(-c3cccs3)cc2)CN(C(=O)C(C)C)CCO1. The van der Waals surface area contributed by atoms with Crippen molar-refractivity contribution in [2.24, 2.45) is 5.92 Å². The van der Waals surface area contributed by atoms with Gasteiger partial charge < -0.3 is 15.0 Å². The van der Waals surface area contributed by atoms with Gasteiger partial charge in [0.15, 0.2) is 5.60 Å². The molecule has 1 aliphatic heterocycles. The molecule has 0 unspecified atom stereocenters. The first-order valence-electron chi connectivity index (χ1n) is 10.2. The molecule has 2 amide bonds. The monoisotopic (exact) mass is 414 g/mol. The first kappa shape index (κ1) is 21.5. The summed E-state index contributed by atoms with van der Waals surface area (Å²) in [6.07, 6.45) is 0.429. The van der Waals surface area contributed by atoms with E-state index in [2.05, 4.69) is 28.9 Å². The van der Waals surface area contributed by atoms with Crippen molar-refractivity contribution in [3.8, 4) is 10.4 Å². The van der Waals surface area contributed by atoms with Crippen molar-refractivity contribution < 1.29 is 14.3 Å². The Kier molecular flexibility index (Phi) is 6.75. The summed E-state index contributed by atoms with van der Waals surface area (Å²) >= 11 is 1.70. The molecule has 1 N–H and O–H groups in total. The van der Waals surface area contributed by atoms with Crippen LogP contribution in [-0.2, 0) is 20.7 Å². The molecule has 3 rings (SSSR count). The zero-order valence-electron chi connectivity index (χ0n) is 17.6. The molecule has 156 valence electrons. The van der Waals surface area contributed by atoms with Crippen molar-refractivity contribution in [3.63, 3.8) is 0 Å². The molecule has 0 radical (unpaired) electrons. The third-order valence-corrected chi connectivity index (χ3v) is 5.99. The van der Waals surface area contributed by atoms with E-state index < -0.39 is 5.60 Å². The van der Waals surface area contributed by atoms with Crippen molar-refractivity contribution in [1.82, 2.24) is 10.2 Å². The molecule has 0 aliphatic carbocycles. The van der Waals surface area contributed by atoms with Crippen molar-refractivity contribution >= 4 is 23.2 Å². The van der Waals surface area contributed by atoms with Gasteiger partial charge in [-0.05, 0) is 36.4 Å². The van der Waals surface area contributed by atoms with Crippen LogP contribution in [0, 0.1) is 5.92 Å². The highest BCUT2D eigenvalue weighted by molar-refractivity contribution is 7.13. The molecule has 0 bridgehead atoms. The second-order valence-electron chi connectivity index (χ2n) is 8.24. The third-order valence-electron chi connectivity index (χ3n) is 5.07. The van der Waals surface area contributed by atoms with E-state index in [-0.39, 0.29) is 30.3 Å². The minimum atomic E-state index is -1.07. The lowest BCUT2D eigenvalue weighted by Gasteiger charge is -2.42. The van der Waals surface area contributed by atoms with E-state index in [4.69, 9.17) is 4.74 Å². The highest BCUT2D eigenvalue weighted by Crippen LogP contribution is 2.28. The average Bonchev–Trinajstić information content (AvgIpc) is 3.22. The molecule has 6 heteroatoms. The van der Waals surface area contributed by atoms with Crippen LogP contribution in [-0.4, -0.2) is 48.1 Å². The Morgan fingerprint density at radius 3 is 2.48 bits per heavy atom. The van der Waals surface area contributed by atoms with E-state index >= 15 is 0 Å². The van der Waals surface area contributed by atoms with Gasteiger partial charge in [0.25, 0.3) is 5.91 Å². The molecular formula is C23H30N2O3S. The topological polar surface area (TPSA) is 58.6 Å². The predicted octanol–water partition coefficient (Wildman–Crippen LogP) is 3.74. The van der Waals surface area contributed by atoms with E-state index in [1.807, 2.05) is 45.9 Å². The van der Waals surface area contributed by atoms with Crippen LogP contribution >= 0.6 is 11.3 Å². The van der Waals surface area contributed by atoms with E-state index in [9.17, 15) is 9.59 Å². The van der Waals surface area contributed by atoms with Crippen LogP contribution in [0.25, 0.3) is 10.4 Å². The molecule has 1 aliphatic rings. The van der Waals surface area contributed by atoms with Crippen molar-refractivity contribution in [2.75, 3.05) is 19.7 Å². The molecule has 29 heavy (non-hydrogen) atoms. The number of hydrogen-bond acceptors (Lipinski definition) is 4. The molecule has 2 aromatic rings. The molecule has 1 saturated heterocycles. The van der Waals surface area contributed by atoms with Gasteiger partial charge in [0.2, 0.25) is 5.91 Å². The van der Waals surface area contributed by atoms with Crippen LogP contribution in [0.4, 0.5) is 0 Å². The number of thiophene rings is 1. The number of amides is 2. The van der Waals surface area contributed by atoms with E-state index in [1.165, 1.54) is 4.88 Å². The fourth-order valence-electron chi connectivity index (χ4n) is 3.62. The van der Waals surface area contributed by atoms with Gasteiger partial charge in [-0.1, -0.05) is 44.2 Å². The molecule has 0 spiro atoms. The highest BCUT2D eigenvalue weighted by Gasteiger charge is 2.45. The van der Waals surface area contributed by atoms with Crippen LogP contribution in [0.1, 0.15) is 33.3 Å². The minimum Gasteiger partial charge on any atom is -0.361 e. The van der Waals surface area contributed by atoms with Gasteiger partial charge in [-0.15, -0.1) is 11.3 Å². The zero-order chi connectivity index (χ0) is 21.0. The number of morpholine rings is 1.